The van der Waals surface area contributed by atoms with E-state index in [2.05, 4.69) is 4.99 Å². The molecule has 0 fully saturated rings. The number of Topliss-reactive ketones (excluding diaryl/α,β-unsaturated/α-hetero) is 1. The van der Waals surface area contributed by atoms with Crippen LogP contribution in [0.1, 0.15) is 22.8 Å². The normalized spacial score (nSPS) is 12.0. The second-order valence-electron chi connectivity index (χ2n) is 5.68. The van der Waals surface area contributed by atoms with Crippen molar-refractivity contribution in [3.8, 4) is 5.75 Å². The van der Waals surface area contributed by atoms with Crippen molar-refractivity contribution in [2.45, 2.75) is 13.5 Å². The molecular formula is C20H18F3NO4. The quantitative estimate of drug-likeness (QED) is 0.297. The van der Waals surface area contributed by atoms with Crippen molar-refractivity contribution >= 4 is 18.0 Å². The van der Waals surface area contributed by atoms with Gasteiger partial charge >= 0.3 is 5.97 Å². The van der Waals surface area contributed by atoms with Crippen molar-refractivity contribution < 1.29 is 32.2 Å². The SMILES string of the molecule is CCOC(=O)C(C=NCc1ccc(OC)cc1)C(=O)c1c(F)cc(F)cc1F. The summed E-state index contributed by atoms with van der Waals surface area (Å²) in [5, 5.41) is 0. The Bertz CT molecular complexity index is 859. The average molecular weight is 393 g/mol. The first-order valence-corrected chi connectivity index (χ1v) is 8.35. The monoisotopic (exact) mass is 393 g/mol. The first kappa shape index (κ1) is 21.1. The Morgan fingerprint density at radius 2 is 1.71 bits per heavy atom. The van der Waals surface area contributed by atoms with Crippen LogP contribution in [0.3, 0.4) is 0 Å². The van der Waals surface area contributed by atoms with Gasteiger partial charge in [-0.1, -0.05) is 12.1 Å². The molecule has 0 aliphatic carbocycles. The molecule has 0 radical (unpaired) electrons. The second-order valence-corrected chi connectivity index (χ2v) is 5.68. The van der Waals surface area contributed by atoms with Crippen LogP contribution < -0.4 is 4.74 Å². The van der Waals surface area contributed by atoms with Crippen LogP contribution in [0.15, 0.2) is 41.4 Å². The number of carbonyl (C=O) groups is 2. The van der Waals surface area contributed by atoms with E-state index in [9.17, 15) is 22.8 Å². The summed E-state index contributed by atoms with van der Waals surface area (Å²) < 4.78 is 50.8. The maximum atomic E-state index is 13.9. The van der Waals surface area contributed by atoms with Gasteiger partial charge < -0.3 is 9.47 Å². The second kappa shape index (κ2) is 9.68. The average Bonchev–Trinajstić information content (AvgIpc) is 2.65. The van der Waals surface area contributed by atoms with Crippen molar-refractivity contribution in [2.24, 2.45) is 10.9 Å². The lowest BCUT2D eigenvalue weighted by Gasteiger charge is -2.12. The van der Waals surface area contributed by atoms with Gasteiger partial charge in [0.05, 0.1) is 25.8 Å². The van der Waals surface area contributed by atoms with Gasteiger partial charge in [-0.15, -0.1) is 0 Å². The smallest absolute Gasteiger partial charge is 0.322 e. The van der Waals surface area contributed by atoms with Gasteiger partial charge in [0.25, 0.3) is 0 Å². The molecule has 1 atom stereocenters. The number of carbonyl (C=O) groups excluding carboxylic acids is 2. The molecule has 2 rings (SSSR count). The highest BCUT2D eigenvalue weighted by molar-refractivity contribution is 6.18. The summed E-state index contributed by atoms with van der Waals surface area (Å²) in [6.07, 6.45) is 0.979. The van der Waals surface area contributed by atoms with Crippen LogP contribution in [0.5, 0.6) is 5.75 Å². The molecule has 0 saturated carbocycles. The molecule has 2 aromatic rings. The van der Waals surface area contributed by atoms with Crippen LogP contribution in [0.4, 0.5) is 13.2 Å². The molecule has 0 aliphatic heterocycles. The standard InChI is InChI=1S/C20H18F3NO4/c1-3-28-20(26)15(11-24-10-12-4-6-14(27-2)7-5-12)19(25)18-16(22)8-13(21)9-17(18)23/h4-9,11,15H,3,10H2,1-2H3. The number of halogens is 3. The van der Waals surface area contributed by atoms with Crippen molar-refractivity contribution in [1.82, 2.24) is 0 Å². The lowest BCUT2D eigenvalue weighted by atomic mass is 9.97. The molecule has 2 aromatic carbocycles. The minimum atomic E-state index is -1.66. The summed E-state index contributed by atoms with van der Waals surface area (Å²) in [6.45, 7) is 1.60. The summed E-state index contributed by atoms with van der Waals surface area (Å²) in [4.78, 5) is 28.7. The van der Waals surface area contributed by atoms with Crippen molar-refractivity contribution in [3.63, 3.8) is 0 Å². The molecule has 1 unspecified atom stereocenters. The van der Waals surface area contributed by atoms with Crippen LogP contribution in [-0.2, 0) is 16.1 Å². The number of ketones is 1. The Morgan fingerprint density at radius 3 is 2.25 bits per heavy atom. The third-order valence-electron chi connectivity index (χ3n) is 3.76. The van der Waals surface area contributed by atoms with E-state index < -0.39 is 40.7 Å². The molecule has 148 valence electrons. The predicted octanol–water partition coefficient (Wildman–Crippen LogP) is 3.75. The van der Waals surface area contributed by atoms with Crippen LogP contribution in [-0.4, -0.2) is 31.7 Å². The minimum absolute atomic E-state index is 0.0384. The highest BCUT2D eigenvalue weighted by Crippen LogP contribution is 2.19. The molecule has 5 nitrogen and oxygen atoms in total. The fourth-order valence-corrected chi connectivity index (χ4v) is 2.40. The zero-order valence-corrected chi connectivity index (χ0v) is 15.2. The van der Waals surface area contributed by atoms with E-state index in [0.717, 1.165) is 11.8 Å². The first-order chi connectivity index (χ1) is 13.4. The molecule has 0 aromatic heterocycles. The van der Waals surface area contributed by atoms with Gasteiger partial charge in [0.15, 0.2) is 11.7 Å². The maximum Gasteiger partial charge on any atom is 0.322 e. The van der Waals surface area contributed by atoms with E-state index in [1.165, 1.54) is 14.0 Å². The number of esters is 1. The topological polar surface area (TPSA) is 65.0 Å². The molecule has 0 heterocycles. The fraction of sp³-hybridized carbons (Fsp3) is 0.250. The van der Waals surface area contributed by atoms with Crippen molar-refractivity contribution in [2.75, 3.05) is 13.7 Å². The number of rotatable bonds is 8. The van der Waals surface area contributed by atoms with Gasteiger partial charge in [-0.25, -0.2) is 13.2 Å². The van der Waals surface area contributed by atoms with E-state index in [-0.39, 0.29) is 13.2 Å². The number of hydrogen-bond acceptors (Lipinski definition) is 5. The van der Waals surface area contributed by atoms with Crippen LogP contribution in [0.25, 0.3) is 0 Å². The number of methoxy groups -OCH3 is 1. The molecule has 8 heteroatoms. The van der Waals surface area contributed by atoms with Crippen molar-refractivity contribution in [3.05, 3.63) is 65.0 Å². The van der Waals surface area contributed by atoms with Crippen LogP contribution in [0, 0.1) is 23.4 Å². The van der Waals surface area contributed by atoms with Crippen molar-refractivity contribution in [1.29, 1.82) is 0 Å². The van der Waals surface area contributed by atoms with E-state index in [0.29, 0.717) is 17.9 Å². The molecule has 0 bridgehead atoms. The Labute approximate surface area is 159 Å². The summed E-state index contributed by atoms with van der Waals surface area (Å²) in [5.74, 6) is -7.20. The number of aliphatic imine (C=N–C) groups is 1. The highest BCUT2D eigenvalue weighted by atomic mass is 19.1. The first-order valence-electron chi connectivity index (χ1n) is 8.35. The van der Waals surface area contributed by atoms with E-state index in [1.54, 1.807) is 24.3 Å². The lowest BCUT2D eigenvalue weighted by molar-refractivity contribution is -0.143. The Morgan fingerprint density at radius 1 is 1.11 bits per heavy atom. The number of benzene rings is 2. The van der Waals surface area contributed by atoms with E-state index >= 15 is 0 Å². The molecule has 0 saturated heterocycles. The summed E-state index contributed by atoms with van der Waals surface area (Å²) >= 11 is 0. The largest absolute Gasteiger partial charge is 0.497 e. The summed E-state index contributed by atoms with van der Waals surface area (Å²) in [7, 11) is 1.52. The zero-order chi connectivity index (χ0) is 20.7. The molecular weight excluding hydrogens is 375 g/mol. The van der Waals surface area contributed by atoms with Gasteiger partial charge in [0.1, 0.15) is 23.2 Å². The van der Waals surface area contributed by atoms with E-state index in [1.807, 2.05) is 0 Å². The summed E-state index contributed by atoms with van der Waals surface area (Å²) in [5.41, 5.74) is -0.262. The Hall–Kier alpha value is -3.16. The molecule has 0 amide bonds. The number of nitrogens with zero attached hydrogens (tertiary/aromatic N) is 1. The van der Waals surface area contributed by atoms with Gasteiger partial charge in [-0.3, -0.25) is 14.6 Å². The third kappa shape index (κ3) is 5.18. The predicted molar refractivity (Wildman–Crippen MR) is 96.0 cm³/mol. The molecule has 0 spiro atoms. The zero-order valence-electron chi connectivity index (χ0n) is 15.2. The maximum absolute atomic E-state index is 13.9. The molecule has 28 heavy (non-hydrogen) atoms. The van der Waals surface area contributed by atoms with Crippen LogP contribution >= 0.6 is 0 Å². The molecule has 0 aliphatic rings. The highest BCUT2D eigenvalue weighted by Gasteiger charge is 2.32. The minimum Gasteiger partial charge on any atom is -0.497 e. The van der Waals surface area contributed by atoms with E-state index in [4.69, 9.17) is 9.47 Å². The lowest BCUT2D eigenvalue weighted by Crippen LogP contribution is -2.29. The number of ether oxygens (including phenoxy) is 2. The Balaban J connectivity index is 2.26. The van der Waals surface area contributed by atoms with Gasteiger partial charge in [-0.2, -0.15) is 0 Å². The van der Waals surface area contributed by atoms with Gasteiger partial charge in [0.2, 0.25) is 0 Å². The third-order valence-corrected chi connectivity index (χ3v) is 3.76. The van der Waals surface area contributed by atoms with Crippen LogP contribution in [0.2, 0.25) is 0 Å². The van der Waals surface area contributed by atoms with Gasteiger partial charge in [-0.05, 0) is 24.6 Å². The fourth-order valence-electron chi connectivity index (χ4n) is 2.40. The molecule has 0 N–H and O–H groups in total. The Kier molecular flexibility index (Phi) is 7.31. The number of hydrogen-bond donors (Lipinski definition) is 0. The summed E-state index contributed by atoms with van der Waals surface area (Å²) in [6, 6.07) is 7.62. The van der Waals surface area contributed by atoms with Gasteiger partial charge in [0, 0.05) is 18.3 Å².